The van der Waals surface area contributed by atoms with E-state index in [0.717, 1.165) is 5.71 Å². The van der Waals surface area contributed by atoms with Crippen molar-refractivity contribution in [3.63, 3.8) is 0 Å². The van der Waals surface area contributed by atoms with Crippen LogP contribution in [0.1, 0.15) is 27.7 Å². The summed E-state index contributed by atoms with van der Waals surface area (Å²) < 4.78 is 0. The molecule has 1 unspecified atom stereocenters. The maximum atomic E-state index is 5.17. The Morgan fingerprint density at radius 3 is 2.45 bits per heavy atom. The molecule has 1 rings (SSSR count). The lowest BCUT2D eigenvalue weighted by atomic mass is 9.89. The Bertz CT molecular complexity index is 237. The van der Waals surface area contributed by atoms with Crippen LogP contribution >= 0.6 is 0 Å². The van der Waals surface area contributed by atoms with E-state index in [1.165, 1.54) is 0 Å². The van der Waals surface area contributed by atoms with Gasteiger partial charge in [0.25, 0.3) is 0 Å². The molecule has 11 heavy (non-hydrogen) atoms. The van der Waals surface area contributed by atoms with Crippen molar-refractivity contribution in [3.8, 4) is 11.8 Å². The van der Waals surface area contributed by atoms with Gasteiger partial charge in [0.1, 0.15) is 5.71 Å². The minimum Gasteiger partial charge on any atom is -0.378 e. The fourth-order valence-electron chi connectivity index (χ4n) is 0.726. The van der Waals surface area contributed by atoms with E-state index >= 15 is 0 Å². The lowest BCUT2D eigenvalue weighted by molar-refractivity contribution is 0.0241. The number of hydrogen-bond acceptors (Lipinski definition) is 2. The van der Waals surface area contributed by atoms with Crippen molar-refractivity contribution in [1.82, 2.24) is 0 Å². The van der Waals surface area contributed by atoms with Crippen LogP contribution in [0.15, 0.2) is 5.16 Å². The van der Waals surface area contributed by atoms with E-state index in [1.807, 2.05) is 6.92 Å². The van der Waals surface area contributed by atoms with Crippen LogP contribution in [0.5, 0.6) is 0 Å². The van der Waals surface area contributed by atoms with E-state index in [4.69, 9.17) is 4.84 Å². The van der Waals surface area contributed by atoms with Gasteiger partial charge in [-0.05, 0) is 18.8 Å². The zero-order chi connectivity index (χ0) is 8.48. The van der Waals surface area contributed by atoms with E-state index in [1.54, 1.807) is 0 Å². The third-order valence-electron chi connectivity index (χ3n) is 1.47. The summed E-state index contributed by atoms with van der Waals surface area (Å²) in [5.74, 6) is 5.92. The van der Waals surface area contributed by atoms with E-state index in [0.29, 0.717) is 0 Å². The molecule has 1 aliphatic heterocycles. The second kappa shape index (κ2) is 2.58. The molecule has 0 aromatic carbocycles. The van der Waals surface area contributed by atoms with E-state index in [9.17, 15) is 0 Å². The minimum atomic E-state index is -0.0637. The summed E-state index contributed by atoms with van der Waals surface area (Å²) >= 11 is 0. The summed E-state index contributed by atoms with van der Waals surface area (Å²) in [4.78, 5) is 5.17. The normalized spacial score (nSPS) is 22.9. The molecular formula is C9H13NO. The average Bonchev–Trinajstić information content (AvgIpc) is 1.86. The molecular weight excluding hydrogens is 138 g/mol. The van der Waals surface area contributed by atoms with Gasteiger partial charge in [-0.3, -0.25) is 0 Å². The number of hydrogen-bond donors (Lipinski definition) is 0. The largest absolute Gasteiger partial charge is 0.378 e. The fourth-order valence-corrected chi connectivity index (χ4v) is 0.726. The van der Waals surface area contributed by atoms with Gasteiger partial charge in [-0.15, -0.1) is 0 Å². The van der Waals surface area contributed by atoms with Crippen molar-refractivity contribution in [3.05, 3.63) is 0 Å². The second-order valence-electron chi connectivity index (χ2n) is 3.80. The molecule has 0 aromatic rings. The first kappa shape index (κ1) is 8.13. The maximum absolute atomic E-state index is 5.17. The van der Waals surface area contributed by atoms with Crippen molar-refractivity contribution in [2.75, 3.05) is 0 Å². The lowest BCUT2D eigenvalue weighted by Gasteiger charge is -2.24. The van der Waals surface area contributed by atoms with Crippen LogP contribution in [0.3, 0.4) is 0 Å². The van der Waals surface area contributed by atoms with Crippen LogP contribution in [0, 0.1) is 17.3 Å². The fraction of sp³-hybridized carbons (Fsp3) is 0.667. The van der Waals surface area contributed by atoms with Gasteiger partial charge < -0.3 is 4.84 Å². The highest BCUT2D eigenvalue weighted by atomic mass is 16.6. The van der Waals surface area contributed by atoms with Gasteiger partial charge >= 0.3 is 0 Å². The van der Waals surface area contributed by atoms with Gasteiger partial charge in [-0.25, -0.2) is 0 Å². The standard InChI is InChI=1S/C9H13NO/c1-7-5-6-8(11-10-7)9(2,3)4/h8H,1-4H3. The van der Waals surface area contributed by atoms with Gasteiger partial charge in [0, 0.05) is 5.41 Å². The van der Waals surface area contributed by atoms with Crippen molar-refractivity contribution in [2.24, 2.45) is 10.6 Å². The first-order valence-electron chi connectivity index (χ1n) is 3.72. The zero-order valence-electron chi connectivity index (χ0n) is 7.43. The van der Waals surface area contributed by atoms with Crippen LogP contribution in [0.4, 0.5) is 0 Å². The van der Waals surface area contributed by atoms with Gasteiger partial charge in [-0.1, -0.05) is 25.9 Å². The Morgan fingerprint density at radius 2 is 2.09 bits per heavy atom. The molecule has 2 nitrogen and oxygen atoms in total. The molecule has 0 saturated carbocycles. The first-order valence-corrected chi connectivity index (χ1v) is 3.72. The molecule has 0 aliphatic carbocycles. The highest BCUT2D eigenvalue weighted by molar-refractivity contribution is 5.98. The first-order chi connectivity index (χ1) is 5.00. The van der Waals surface area contributed by atoms with E-state index < -0.39 is 0 Å². The molecule has 0 bridgehead atoms. The number of rotatable bonds is 0. The molecule has 0 radical (unpaired) electrons. The summed E-state index contributed by atoms with van der Waals surface area (Å²) in [6.07, 6.45) is -0.0637. The van der Waals surface area contributed by atoms with E-state index in [2.05, 4.69) is 37.8 Å². The molecule has 2 heteroatoms. The second-order valence-corrected chi connectivity index (χ2v) is 3.80. The van der Waals surface area contributed by atoms with Crippen LogP contribution in [0.2, 0.25) is 0 Å². The quantitative estimate of drug-likeness (QED) is 0.484. The van der Waals surface area contributed by atoms with Crippen LogP contribution in [-0.4, -0.2) is 11.8 Å². The Kier molecular flexibility index (Phi) is 1.90. The molecule has 0 amide bonds. The summed E-state index contributed by atoms with van der Waals surface area (Å²) in [5, 5.41) is 3.82. The molecule has 1 aliphatic rings. The number of oxime groups is 1. The molecule has 0 saturated heterocycles. The van der Waals surface area contributed by atoms with Crippen molar-refractivity contribution in [2.45, 2.75) is 33.8 Å². The van der Waals surface area contributed by atoms with Gasteiger partial charge in [0.15, 0.2) is 6.10 Å². The predicted molar refractivity (Wildman–Crippen MR) is 45.2 cm³/mol. The van der Waals surface area contributed by atoms with Gasteiger partial charge in [0.05, 0.1) is 0 Å². The van der Waals surface area contributed by atoms with E-state index in [-0.39, 0.29) is 11.5 Å². The molecule has 0 aromatic heterocycles. The predicted octanol–water partition coefficient (Wildman–Crippen LogP) is 1.81. The Hall–Kier alpha value is -0.970. The Labute approximate surface area is 67.6 Å². The summed E-state index contributed by atoms with van der Waals surface area (Å²) in [5.41, 5.74) is 0.808. The van der Waals surface area contributed by atoms with Crippen LogP contribution in [0.25, 0.3) is 0 Å². The van der Waals surface area contributed by atoms with Crippen molar-refractivity contribution >= 4 is 5.71 Å². The summed E-state index contributed by atoms with van der Waals surface area (Å²) in [7, 11) is 0. The average molecular weight is 151 g/mol. The highest BCUT2D eigenvalue weighted by Gasteiger charge is 2.25. The number of nitrogens with zero attached hydrogens (tertiary/aromatic N) is 1. The van der Waals surface area contributed by atoms with Gasteiger partial charge in [-0.2, -0.15) is 0 Å². The van der Waals surface area contributed by atoms with Crippen LogP contribution < -0.4 is 0 Å². The third-order valence-corrected chi connectivity index (χ3v) is 1.47. The molecule has 0 N–H and O–H groups in total. The van der Waals surface area contributed by atoms with Crippen molar-refractivity contribution < 1.29 is 4.84 Å². The molecule has 0 spiro atoms. The summed E-state index contributed by atoms with van der Waals surface area (Å²) in [6, 6.07) is 0. The molecule has 1 heterocycles. The maximum Gasteiger partial charge on any atom is 0.192 e. The van der Waals surface area contributed by atoms with Crippen LogP contribution in [-0.2, 0) is 4.84 Å². The minimum absolute atomic E-state index is 0.0528. The zero-order valence-corrected chi connectivity index (χ0v) is 7.43. The smallest absolute Gasteiger partial charge is 0.192 e. The Balaban J connectivity index is 2.70. The third kappa shape index (κ3) is 1.98. The Morgan fingerprint density at radius 1 is 1.45 bits per heavy atom. The molecule has 1 atom stereocenters. The monoisotopic (exact) mass is 151 g/mol. The molecule has 0 fully saturated rings. The highest BCUT2D eigenvalue weighted by Crippen LogP contribution is 2.22. The molecule has 60 valence electrons. The summed E-state index contributed by atoms with van der Waals surface area (Å²) in [6.45, 7) is 8.10. The van der Waals surface area contributed by atoms with Gasteiger partial charge in [0.2, 0.25) is 0 Å². The SMILES string of the molecule is CC1=NOC(C(C)(C)C)C#C1. The topological polar surface area (TPSA) is 21.6 Å². The van der Waals surface area contributed by atoms with Crippen molar-refractivity contribution in [1.29, 1.82) is 0 Å². The lowest BCUT2D eigenvalue weighted by Crippen LogP contribution is -2.28.